The van der Waals surface area contributed by atoms with Crippen LogP contribution in [0.2, 0.25) is 0 Å². The van der Waals surface area contributed by atoms with Gasteiger partial charge in [-0.1, -0.05) is 32.0 Å². The zero-order chi connectivity index (χ0) is 15.9. The standard InChI is InChI=1S/C17H21N3O2/c1-12(2)10-15(18)17(21)20-13-8-9-16(19-11-13)22-14-6-4-3-5-7-14/h3-9,11-12,15H,10,18H2,1-2H3,(H,20,21)/t15-/m0/s1. The summed E-state index contributed by atoms with van der Waals surface area (Å²) in [7, 11) is 0. The number of carbonyl (C=O) groups excluding carboxylic acids is 1. The highest BCUT2D eigenvalue weighted by atomic mass is 16.5. The molecular formula is C17H21N3O2. The number of hydrogen-bond donors (Lipinski definition) is 2. The molecule has 5 heteroatoms. The minimum Gasteiger partial charge on any atom is -0.439 e. The molecule has 0 bridgehead atoms. The second-order valence-corrected chi connectivity index (χ2v) is 5.53. The maximum absolute atomic E-state index is 11.9. The number of anilines is 1. The van der Waals surface area contributed by atoms with Crippen molar-refractivity contribution in [3.05, 3.63) is 48.7 Å². The van der Waals surface area contributed by atoms with Crippen molar-refractivity contribution in [2.75, 3.05) is 5.32 Å². The zero-order valence-electron chi connectivity index (χ0n) is 12.8. The number of ether oxygens (including phenoxy) is 1. The van der Waals surface area contributed by atoms with Gasteiger partial charge in [0.2, 0.25) is 11.8 Å². The largest absolute Gasteiger partial charge is 0.439 e. The molecule has 0 fully saturated rings. The molecule has 3 N–H and O–H groups in total. The lowest BCUT2D eigenvalue weighted by Gasteiger charge is -2.14. The van der Waals surface area contributed by atoms with Gasteiger partial charge in [-0.15, -0.1) is 0 Å². The Balaban J connectivity index is 1.93. The van der Waals surface area contributed by atoms with E-state index in [9.17, 15) is 4.79 Å². The van der Waals surface area contributed by atoms with Gasteiger partial charge in [-0.2, -0.15) is 0 Å². The highest BCUT2D eigenvalue weighted by molar-refractivity contribution is 5.94. The van der Waals surface area contributed by atoms with Crippen molar-refractivity contribution in [2.45, 2.75) is 26.3 Å². The number of nitrogens with zero attached hydrogens (tertiary/aromatic N) is 1. The van der Waals surface area contributed by atoms with E-state index < -0.39 is 6.04 Å². The number of para-hydroxylation sites is 1. The van der Waals surface area contributed by atoms with Gasteiger partial charge in [0.15, 0.2) is 0 Å². The van der Waals surface area contributed by atoms with E-state index in [-0.39, 0.29) is 5.91 Å². The lowest BCUT2D eigenvalue weighted by atomic mass is 10.0. The van der Waals surface area contributed by atoms with Gasteiger partial charge < -0.3 is 15.8 Å². The maximum Gasteiger partial charge on any atom is 0.241 e. The van der Waals surface area contributed by atoms with Crippen LogP contribution in [0.1, 0.15) is 20.3 Å². The van der Waals surface area contributed by atoms with E-state index in [1.54, 1.807) is 18.3 Å². The first kappa shape index (κ1) is 16.0. The number of pyridine rings is 1. The highest BCUT2D eigenvalue weighted by Crippen LogP contribution is 2.19. The Kier molecular flexibility index (Phi) is 5.49. The van der Waals surface area contributed by atoms with Gasteiger partial charge in [0.25, 0.3) is 0 Å². The molecule has 1 amide bonds. The van der Waals surface area contributed by atoms with Gasteiger partial charge >= 0.3 is 0 Å². The topological polar surface area (TPSA) is 77.2 Å². The van der Waals surface area contributed by atoms with Crippen LogP contribution in [-0.2, 0) is 4.79 Å². The molecule has 1 heterocycles. The second-order valence-electron chi connectivity index (χ2n) is 5.53. The number of amides is 1. The summed E-state index contributed by atoms with van der Waals surface area (Å²) in [6.45, 7) is 4.06. The first-order valence-corrected chi connectivity index (χ1v) is 7.30. The fourth-order valence-electron chi connectivity index (χ4n) is 1.97. The summed E-state index contributed by atoms with van der Waals surface area (Å²) in [6, 6.07) is 12.3. The predicted octanol–water partition coefficient (Wildman–Crippen LogP) is 3.19. The van der Waals surface area contributed by atoms with E-state index in [0.29, 0.717) is 29.7 Å². The van der Waals surface area contributed by atoms with Crippen molar-refractivity contribution < 1.29 is 9.53 Å². The Morgan fingerprint density at radius 3 is 2.55 bits per heavy atom. The average Bonchev–Trinajstić information content (AvgIpc) is 2.49. The number of carbonyl (C=O) groups is 1. The van der Waals surface area contributed by atoms with Crippen LogP contribution in [0.5, 0.6) is 11.6 Å². The van der Waals surface area contributed by atoms with E-state index in [2.05, 4.69) is 10.3 Å². The second kappa shape index (κ2) is 7.56. The Bertz CT molecular complexity index is 597. The molecule has 0 radical (unpaired) electrons. The van der Waals surface area contributed by atoms with Crippen molar-refractivity contribution >= 4 is 11.6 Å². The molecule has 1 aromatic heterocycles. The van der Waals surface area contributed by atoms with Gasteiger partial charge in [0.05, 0.1) is 17.9 Å². The Morgan fingerprint density at radius 2 is 1.95 bits per heavy atom. The van der Waals surface area contributed by atoms with Crippen molar-refractivity contribution in [3.63, 3.8) is 0 Å². The smallest absolute Gasteiger partial charge is 0.241 e. The van der Waals surface area contributed by atoms with Gasteiger partial charge in [0.1, 0.15) is 5.75 Å². The molecule has 0 saturated heterocycles. The van der Waals surface area contributed by atoms with E-state index in [0.717, 1.165) is 0 Å². The number of rotatable bonds is 6. The summed E-state index contributed by atoms with van der Waals surface area (Å²) in [5.41, 5.74) is 6.44. The average molecular weight is 299 g/mol. The third-order valence-electron chi connectivity index (χ3n) is 3.03. The molecule has 0 aliphatic heterocycles. The van der Waals surface area contributed by atoms with Crippen molar-refractivity contribution in [1.29, 1.82) is 0 Å². The Labute approximate surface area is 130 Å². The summed E-state index contributed by atoms with van der Waals surface area (Å²) in [4.78, 5) is 16.1. The minimum atomic E-state index is -0.514. The van der Waals surface area contributed by atoms with E-state index in [1.807, 2.05) is 44.2 Å². The fourth-order valence-corrected chi connectivity index (χ4v) is 1.97. The van der Waals surface area contributed by atoms with Crippen molar-refractivity contribution in [3.8, 4) is 11.6 Å². The van der Waals surface area contributed by atoms with Gasteiger partial charge in [0, 0.05) is 6.07 Å². The molecule has 2 rings (SSSR count). The van der Waals surface area contributed by atoms with Crippen LogP contribution < -0.4 is 15.8 Å². The SMILES string of the molecule is CC(C)C[C@H](N)C(=O)Nc1ccc(Oc2ccccc2)nc1. The summed E-state index contributed by atoms with van der Waals surface area (Å²) >= 11 is 0. The molecule has 0 saturated carbocycles. The molecule has 0 unspecified atom stereocenters. The van der Waals surface area contributed by atoms with Crippen LogP contribution in [0.3, 0.4) is 0 Å². The maximum atomic E-state index is 11.9. The summed E-state index contributed by atoms with van der Waals surface area (Å²) in [6.07, 6.45) is 2.20. The third-order valence-corrected chi connectivity index (χ3v) is 3.03. The molecule has 1 atom stereocenters. The molecular weight excluding hydrogens is 278 g/mol. The summed E-state index contributed by atoms with van der Waals surface area (Å²) in [5, 5.41) is 2.76. The quantitative estimate of drug-likeness (QED) is 0.858. The lowest BCUT2D eigenvalue weighted by Crippen LogP contribution is -2.36. The number of hydrogen-bond acceptors (Lipinski definition) is 4. The van der Waals surface area contributed by atoms with Crippen LogP contribution >= 0.6 is 0 Å². The predicted molar refractivity (Wildman–Crippen MR) is 86.8 cm³/mol. The van der Waals surface area contributed by atoms with Crippen LogP contribution in [-0.4, -0.2) is 16.9 Å². The lowest BCUT2D eigenvalue weighted by molar-refractivity contribution is -0.117. The number of aromatic nitrogens is 1. The van der Waals surface area contributed by atoms with Crippen LogP contribution in [0.4, 0.5) is 5.69 Å². The summed E-state index contributed by atoms with van der Waals surface area (Å²) < 4.78 is 5.59. The minimum absolute atomic E-state index is 0.202. The Hall–Kier alpha value is -2.40. The number of benzene rings is 1. The molecule has 5 nitrogen and oxygen atoms in total. The number of nitrogens with one attached hydrogen (secondary N) is 1. The molecule has 2 aromatic rings. The van der Waals surface area contributed by atoms with Crippen LogP contribution in [0, 0.1) is 5.92 Å². The fraction of sp³-hybridized carbons (Fsp3) is 0.294. The first-order valence-electron chi connectivity index (χ1n) is 7.30. The van der Waals surface area contributed by atoms with Crippen LogP contribution in [0.25, 0.3) is 0 Å². The Morgan fingerprint density at radius 1 is 1.23 bits per heavy atom. The van der Waals surface area contributed by atoms with Gasteiger partial charge in [-0.25, -0.2) is 4.98 Å². The van der Waals surface area contributed by atoms with Crippen LogP contribution in [0.15, 0.2) is 48.7 Å². The highest BCUT2D eigenvalue weighted by Gasteiger charge is 2.15. The van der Waals surface area contributed by atoms with Gasteiger partial charge in [-0.05, 0) is 30.5 Å². The summed E-state index contributed by atoms with van der Waals surface area (Å²) in [5.74, 6) is 1.36. The first-order chi connectivity index (χ1) is 10.5. The third kappa shape index (κ3) is 4.86. The number of nitrogens with two attached hydrogens (primary N) is 1. The molecule has 0 aliphatic rings. The van der Waals surface area contributed by atoms with Crippen molar-refractivity contribution in [2.24, 2.45) is 11.7 Å². The van der Waals surface area contributed by atoms with E-state index in [4.69, 9.17) is 10.5 Å². The van der Waals surface area contributed by atoms with E-state index in [1.165, 1.54) is 0 Å². The normalized spacial score (nSPS) is 12.0. The monoisotopic (exact) mass is 299 g/mol. The molecule has 116 valence electrons. The van der Waals surface area contributed by atoms with Crippen molar-refractivity contribution in [1.82, 2.24) is 4.98 Å². The van der Waals surface area contributed by atoms with E-state index >= 15 is 0 Å². The molecule has 1 aromatic carbocycles. The van der Waals surface area contributed by atoms with Gasteiger partial charge in [-0.3, -0.25) is 4.79 Å². The molecule has 0 spiro atoms. The molecule has 22 heavy (non-hydrogen) atoms. The molecule has 0 aliphatic carbocycles. The zero-order valence-corrected chi connectivity index (χ0v) is 12.8.